The maximum atomic E-state index is 12.7. The Hall–Kier alpha value is -3.60. The van der Waals surface area contributed by atoms with Crippen LogP contribution in [0.5, 0.6) is 5.75 Å². The third-order valence-corrected chi connectivity index (χ3v) is 4.48. The zero-order chi connectivity index (χ0) is 20.8. The molecule has 0 bridgehead atoms. The van der Waals surface area contributed by atoms with E-state index in [2.05, 4.69) is 16.7 Å². The molecule has 0 saturated heterocycles. The molecule has 5 nitrogen and oxygen atoms in total. The summed E-state index contributed by atoms with van der Waals surface area (Å²) in [7, 11) is 0. The van der Waals surface area contributed by atoms with Gasteiger partial charge in [0.2, 0.25) is 5.91 Å². The molecule has 0 aliphatic heterocycles. The zero-order valence-electron chi connectivity index (χ0n) is 16.8. The van der Waals surface area contributed by atoms with Gasteiger partial charge in [-0.3, -0.25) is 9.59 Å². The molecule has 2 amide bonds. The second kappa shape index (κ2) is 9.06. The minimum Gasteiger partial charge on any atom is -0.489 e. The molecular formula is C24H24N2O3. The van der Waals surface area contributed by atoms with Crippen LogP contribution >= 0.6 is 0 Å². The lowest BCUT2D eigenvalue weighted by Crippen LogP contribution is -2.14. The number of hydrogen-bond acceptors (Lipinski definition) is 3. The van der Waals surface area contributed by atoms with Crippen LogP contribution in [-0.4, -0.2) is 11.8 Å². The SMILES string of the molecule is CC(=O)Nc1cccc(NC(=O)c2cccc(OCc3cccc(C)c3)c2)c1C. The molecule has 0 fully saturated rings. The van der Waals surface area contributed by atoms with Crippen molar-refractivity contribution < 1.29 is 14.3 Å². The van der Waals surface area contributed by atoms with E-state index in [4.69, 9.17) is 4.74 Å². The van der Waals surface area contributed by atoms with Crippen LogP contribution in [0.25, 0.3) is 0 Å². The van der Waals surface area contributed by atoms with Gasteiger partial charge in [-0.15, -0.1) is 0 Å². The highest BCUT2D eigenvalue weighted by atomic mass is 16.5. The number of ether oxygens (including phenoxy) is 1. The summed E-state index contributed by atoms with van der Waals surface area (Å²) < 4.78 is 5.85. The molecule has 0 atom stereocenters. The second-order valence-corrected chi connectivity index (χ2v) is 6.92. The molecule has 3 aromatic carbocycles. The summed E-state index contributed by atoms with van der Waals surface area (Å²) in [5.74, 6) is 0.229. The van der Waals surface area contributed by atoms with Gasteiger partial charge in [-0.1, -0.05) is 42.0 Å². The van der Waals surface area contributed by atoms with Crippen molar-refractivity contribution in [3.63, 3.8) is 0 Å². The smallest absolute Gasteiger partial charge is 0.255 e. The predicted molar refractivity (Wildman–Crippen MR) is 115 cm³/mol. The summed E-state index contributed by atoms with van der Waals surface area (Å²) in [6.07, 6.45) is 0. The Balaban J connectivity index is 1.70. The number of aryl methyl sites for hydroxylation is 1. The van der Waals surface area contributed by atoms with E-state index in [0.717, 1.165) is 11.1 Å². The van der Waals surface area contributed by atoms with E-state index in [1.165, 1.54) is 12.5 Å². The maximum absolute atomic E-state index is 12.7. The first-order valence-corrected chi connectivity index (χ1v) is 9.39. The van der Waals surface area contributed by atoms with Crippen molar-refractivity contribution in [2.24, 2.45) is 0 Å². The first-order valence-electron chi connectivity index (χ1n) is 9.39. The summed E-state index contributed by atoms with van der Waals surface area (Å²) in [6.45, 7) is 5.78. The zero-order valence-corrected chi connectivity index (χ0v) is 16.8. The molecule has 0 heterocycles. The van der Waals surface area contributed by atoms with Gasteiger partial charge in [-0.2, -0.15) is 0 Å². The van der Waals surface area contributed by atoms with E-state index in [9.17, 15) is 9.59 Å². The fourth-order valence-corrected chi connectivity index (χ4v) is 2.99. The fraction of sp³-hybridized carbons (Fsp3) is 0.167. The van der Waals surface area contributed by atoms with E-state index in [-0.39, 0.29) is 11.8 Å². The number of nitrogens with one attached hydrogen (secondary N) is 2. The number of rotatable bonds is 6. The molecule has 5 heteroatoms. The third kappa shape index (κ3) is 5.45. The molecule has 0 aromatic heterocycles. The molecular weight excluding hydrogens is 364 g/mol. The predicted octanol–water partition coefficient (Wildman–Crippen LogP) is 5.09. The highest BCUT2D eigenvalue weighted by molar-refractivity contribution is 6.05. The lowest BCUT2D eigenvalue weighted by atomic mass is 10.1. The van der Waals surface area contributed by atoms with Crippen LogP contribution in [0.4, 0.5) is 11.4 Å². The van der Waals surface area contributed by atoms with Gasteiger partial charge >= 0.3 is 0 Å². The molecule has 29 heavy (non-hydrogen) atoms. The molecule has 148 valence electrons. The maximum Gasteiger partial charge on any atom is 0.255 e. The van der Waals surface area contributed by atoms with E-state index in [1.54, 1.807) is 36.4 Å². The first kappa shape index (κ1) is 20.1. The van der Waals surface area contributed by atoms with Crippen molar-refractivity contribution >= 4 is 23.2 Å². The van der Waals surface area contributed by atoms with Gasteiger partial charge in [-0.05, 0) is 55.3 Å². The Morgan fingerprint density at radius 2 is 1.55 bits per heavy atom. The Morgan fingerprint density at radius 3 is 2.28 bits per heavy atom. The minimum atomic E-state index is -0.242. The minimum absolute atomic E-state index is 0.157. The number of hydrogen-bond donors (Lipinski definition) is 2. The summed E-state index contributed by atoms with van der Waals surface area (Å²) in [6, 6.07) is 20.6. The van der Waals surface area contributed by atoms with Crippen molar-refractivity contribution in [1.29, 1.82) is 0 Å². The standard InChI is InChI=1S/C24H24N2O3/c1-16-7-4-8-19(13-16)15-29-21-10-5-9-20(14-21)24(28)26-23-12-6-11-22(17(23)2)25-18(3)27/h4-14H,15H2,1-3H3,(H,25,27)(H,26,28). The second-order valence-electron chi connectivity index (χ2n) is 6.92. The van der Waals surface area contributed by atoms with Crippen molar-refractivity contribution in [1.82, 2.24) is 0 Å². The summed E-state index contributed by atoms with van der Waals surface area (Å²) in [4.78, 5) is 24.0. The average molecular weight is 388 g/mol. The monoisotopic (exact) mass is 388 g/mol. The van der Waals surface area contributed by atoms with Crippen LogP contribution < -0.4 is 15.4 Å². The summed E-state index contributed by atoms with van der Waals surface area (Å²) in [5, 5.41) is 5.66. The van der Waals surface area contributed by atoms with E-state index >= 15 is 0 Å². The lowest BCUT2D eigenvalue weighted by Gasteiger charge is -2.13. The Labute approximate surface area is 170 Å². The van der Waals surface area contributed by atoms with Gasteiger partial charge in [-0.25, -0.2) is 0 Å². The Morgan fingerprint density at radius 1 is 0.862 bits per heavy atom. The van der Waals surface area contributed by atoms with Crippen LogP contribution in [-0.2, 0) is 11.4 Å². The first-order chi connectivity index (χ1) is 13.9. The van der Waals surface area contributed by atoms with Gasteiger partial charge < -0.3 is 15.4 Å². The topological polar surface area (TPSA) is 67.4 Å². The fourth-order valence-electron chi connectivity index (χ4n) is 2.99. The normalized spacial score (nSPS) is 10.3. The van der Waals surface area contributed by atoms with Crippen LogP contribution in [0.3, 0.4) is 0 Å². The van der Waals surface area contributed by atoms with Gasteiger partial charge in [0, 0.05) is 23.9 Å². The van der Waals surface area contributed by atoms with Crippen LogP contribution in [0, 0.1) is 13.8 Å². The molecule has 3 aromatic rings. The molecule has 0 spiro atoms. The van der Waals surface area contributed by atoms with Gasteiger partial charge in [0.25, 0.3) is 5.91 Å². The summed E-state index contributed by atoms with van der Waals surface area (Å²) >= 11 is 0. The van der Waals surface area contributed by atoms with Crippen molar-refractivity contribution in [3.8, 4) is 5.75 Å². The molecule has 0 aliphatic carbocycles. The van der Waals surface area contributed by atoms with Crippen molar-refractivity contribution in [2.75, 3.05) is 10.6 Å². The van der Waals surface area contributed by atoms with E-state index in [1.807, 2.05) is 38.1 Å². The molecule has 0 radical (unpaired) electrons. The number of carbonyl (C=O) groups is 2. The molecule has 0 aliphatic rings. The van der Waals surface area contributed by atoms with E-state index in [0.29, 0.717) is 29.3 Å². The molecule has 0 unspecified atom stereocenters. The quantitative estimate of drug-likeness (QED) is 0.618. The van der Waals surface area contributed by atoms with Crippen LogP contribution in [0.15, 0.2) is 66.7 Å². The van der Waals surface area contributed by atoms with Crippen LogP contribution in [0.1, 0.15) is 34.0 Å². The summed E-state index contributed by atoms with van der Waals surface area (Å²) in [5.41, 5.74) is 4.86. The third-order valence-electron chi connectivity index (χ3n) is 4.48. The lowest BCUT2D eigenvalue weighted by molar-refractivity contribution is -0.114. The van der Waals surface area contributed by atoms with Gasteiger partial charge in [0.15, 0.2) is 0 Å². The number of anilines is 2. The highest BCUT2D eigenvalue weighted by Gasteiger charge is 2.11. The van der Waals surface area contributed by atoms with Crippen molar-refractivity contribution in [2.45, 2.75) is 27.4 Å². The van der Waals surface area contributed by atoms with Crippen molar-refractivity contribution in [3.05, 3.63) is 89.0 Å². The Bertz CT molecular complexity index is 1040. The number of amides is 2. The van der Waals surface area contributed by atoms with E-state index < -0.39 is 0 Å². The largest absolute Gasteiger partial charge is 0.489 e. The van der Waals surface area contributed by atoms with Gasteiger partial charge in [0.1, 0.15) is 12.4 Å². The number of benzene rings is 3. The van der Waals surface area contributed by atoms with Gasteiger partial charge in [0.05, 0.1) is 0 Å². The Kier molecular flexibility index (Phi) is 6.29. The molecule has 2 N–H and O–H groups in total. The molecule has 0 saturated carbocycles. The highest BCUT2D eigenvalue weighted by Crippen LogP contribution is 2.24. The number of carbonyl (C=O) groups excluding carboxylic acids is 2. The van der Waals surface area contributed by atoms with Crippen LogP contribution in [0.2, 0.25) is 0 Å². The molecule has 3 rings (SSSR count). The average Bonchev–Trinajstić information content (AvgIpc) is 2.69.